The molecule has 25 heavy (non-hydrogen) atoms. The lowest BCUT2D eigenvalue weighted by molar-refractivity contribution is 0.103. The number of carbonyl (C=O) groups is 1. The number of nitrogen functional groups attached to an aromatic ring is 1. The average Bonchev–Trinajstić information content (AvgIpc) is 3.25. The zero-order valence-electron chi connectivity index (χ0n) is 13.4. The molecule has 0 unspecified atom stereocenters. The number of anilines is 2. The number of benzene rings is 1. The maximum atomic E-state index is 12.7. The Labute approximate surface area is 153 Å². The summed E-state index contributed by atoms with van der Waals surface area (Å²) in [5.41, 5.74) is 9.39. The number of fused-ring (bicyclic) bond motifs is 1. The lowest BCUT2D eigenvalue weighted by Gasteiger charge is -2.07. The summed E-state index contributed by atoms with van der Waals surface area (Å²) in [5.74, 6) is -0.201. The Kier molecular flexibility index (Phi) is 3.99. The molecule has 3 N–H and O–H groups in total. The van der Waals surface area contributed by atoms with Crippen molar-refractivity contribution in [2.24, 2.45) is 0 Å². The van der Waals surface area contributed by atoms with Gasteiger partial charge in [0.15, 0.2) is 0 Å². The molecule has 0 fully saturated rings. The van der Waals surface area contributed by atoms with Crippen molar-refractivity contribution in [3.8, 4) is 10.6 Å². The molecule has 0 aliphatic heterocycles. The molecule has 4 nitrogen and oxygen atoms in total. The molecular weight excluding hydrogens is 350 g/mol. The van der Waals surface area contributed by atoms with Crippen LogP contribution in [0.15, 0.2) is 53.9 Å². The zero-order valence-corrected chi connectivity index (χ0v) is 15.1. The Morgan fingerprint density at radius 1 is 1.12 bits per heavy atom. The molecule has 6 heteroatoms. The van der Waals surface area contributed by atoms with Crippen LogP contribution in [0, 0.1) is 6.92 Å². The highest BCUT2D eigenvalue weighted by Gasteiger charge is 2.18. The normalized spacial score (nSPS) is 10.9. The molecule has 3 aromatic heterocycles. The van der Waals surface area contributed by atoms with Gasteiger partial charge in [0, 0.05) is 11.1 Å². The molecular formula is C19H15N3OS2. The maximum absolute atomic E-state index is 12.7. The van der Waals surface area contributed by atoms with Gasteiger partial charge in [-0.1, -0.05) is 24.3 Å². The summed E-state index contributed by atoms with van der Waals surface area (Å²) in [7, 11) is 0. The quantitative estimate of drug-likeness (QED) is 0.526. The van der Waals surface area contributed by atoms with Crippen molar-refractivity contribution in [1.29, 1.82) is 0 Å². The van der Waals surface area contributed by atoms with E-state index in [0.717, 1.165) is 32.0 Å². The van der Waals surface area contributed by atoms with E-state index in [1.165, 1.54) is 11.3 Å². The van der Waals surface area contributed by atoms with Gasteiger partial charge in [0.05, 0.1) is 16.3 Å². The molecule has 0 aliphatic rings. The van der Waals surface area contributed by atoms with Crippen LogP contribution in [0.3, 0.4) is 0 Å². The van der Waals surface area contributed by atoms with E-state index in [-0.39, 0.29) is 5.91 Å². The molecule has 4 aromatic rings. The van der Waals surface area contributed by atoms with Crippen molar-refractivity contribution in [3.63, 3.8) is 0 Å². The third-order valence-corrected chi connectivity index (χ3v) is 5.97. The van der Waals surface area contributed by atoms with E-state index in [9.17, 15) is 4.79 Å². The predicted octanol–water partition coefficient (Wildman–Crippen LogP) is 5.17. The molecule has 4 rings (SSSR count). The minimum Gasteiger partial charge on any atom is -0.397 e. The van der Waals surface area contributed by atoms with Gasteiger partial charge in [-0.15, -0.1) is 22.7 Å². The van der Waals surface area contributed by atoms with Crippen LogP contribution >= 0.6 is 22.7 Å². The van der Waals surface area contributed by atoms with Gasteiger partial charge in [0.25, 0.3) is 5.91 Å². The number of aromatic nitrogens is 1. The summed E-state index contributed by atoms with van der Waals surface area (Å²) in [6.07, 6.45) is 0. The molecule has 1 aromatic carbocycles. The van der Waals surface area contributed by atoms with E-state index in [4.69, 9.17) is 5.73 Å². The number of amides is 1. The predicted molar refractivity (Wildman–Crippen MR) is 106 cm³/mol. The molecule has 3 heterocycles. The third kappa shape index (κ3) is 2.90. The number of hydrogen-bond acceptors (Lipinski definition) is 5. The van der Waals surface area contributed by atoms with Gasteiger partial charge in [0.2, 0.25) is 0 Å². The number of pyridine rings is 1. The fourth-order valence-corrected chi connectivity index (χ4v) is 4.30. The Balaban J connectivity index is 1.71. The van der Waals surface area contributed by atoms with E-state index in [1.54, 1.807) is 11.3 Å². The van der Waals surface area contributed by atoms with Crippen LogP contribution in [0.4, 0.5) is 11.4 Å². The first-order valence-electron chi connectivity index (χ1n) is 7.73. The smallest absolute Gasteiger partial charge is 0.267 e. The van der Waals surface area contributed by atoms with E-state index >= 15 is 0 Å². The van der Waals surface area contributed by atoms with E-state index < -0.39 is 0 Å². The largest absolute Gasteiger partial charge is 0.397 e. The number of nitrogens with two attached hydrogens (primary N) is 1. The monoisotopic (exact) mass is 365 g/mol. The van der Waals surface area contributed by atoms with Gasteiger partial charge in [-0.3, -0.25) is 4.79 Å². The molecule has 1 amide bonds. The van der Waals surface area contributed by atoms with E-state index in [2.05, 4.69) is 10.3 Å². The molecule has 0 atom stereocenters. The molecule has 0 spiro atoms. The van der Waals surface area contributed by atoms with Gasteiger partial charge < -0.3 is 11.1 Å². The van der Waals surface area contributed by atoms with Crippen molar-refractivity contribution >= 4 is 50.2 Å². The van der Waals surface area contributed by atoms with Crippen LogP contribution in [0.1, 0.15) is 15.2 Å². The summed E-state index contributed by atoms with van der Waals surface area (Å²) in [5, 5.41) is 5.77. The van der Waals surface area contributed by atoms with Crippen LogP contribution in [0.2, 0.25) is 0 Å². The van der Waals surface area contributed by atoms with Crippen molar-refractivity contribution < 1.29 is 4.79 Å². The number of thiophene rings is 2. The van der Waals surface area contributed by atoms with Crippen molar-refractivity contribution in [3.05, 3.63) is 64.4 Å². The third-order valence-electron chi connectivity index (χ3n) is 3.97. The Morgan fingerprint density at radius 3 is 2.72 bits per heavy atom. The van der Waals surface area contributed by atoms with Gasteiger partial charge in [-0.2, -0.15) is 0 Å². The van der Waals surface area contributed by atoms with Crippen molar-refractivity contribution in [2.75, 3.05) is 11.1 Å². The van der Waals surface area contributed by atoms with Gasteiger partial charge >= 0.3 is 0 Å². The van der Waals surface area contributed by atoms with Gasteiger partial charge in [-0.05, 0) is 42.1 Å². The Bertz CT molecular complexity index is 1070. The second-order valence-corrected chi connectivity index (χ2v) is 7.59. The Hall–Kier alpha value is -2.70. The first kappa shape index (κ1) is 15.8. The van der Waals surface area contributed by atoms with Crippen LogP contribution in [0.25, 0.3) is 20.8 Å². The summed E-state index contributed by atoms with van der Waals surface area (Å²) < 4.78 is 0. The average molecular weight is 365 g/mol. The topological polar surface area (TPSA) is 68.0 Å². The van der Waals surface area contributed by atoms with Crippen molar-refractivity contribution in [2.45, 2.75) is 6.92 Å². The molecule has 0 saturated heterocycles. The lowest BCUT2D eigenvalue weighted by atomic mass is 10.2. The summed E-state index contributed by atoms with van der Waals surface area (Å²) >= 11 is 2.96. The van der Waals surface area contributed by atoms with Crippen LogP contribution in [-0.4, -0.2) is 10.9 Å². The minimum atomic E-state index is -0.201. The van der Waals surface area contributed by atoms with Crippen molar-refractivity contribution in [1.82, 2.24) is 4.98 Å². The summed E-state index contributed by atoms with van der Waals surface area (Å²) in [4.78, 5) is 19.7. The van der Waals surface area contributed by atoms with E-state index in [0.29, 0.717) is 10.6 Å². The van der Waals surface area contributed by atoms with Gasteiger partial charge in [0.1, 0.15) is 9.71 Å². The Morgan fingerprint density at radius 2 is 1.96 bits per heavy atom. The highest BCUT2D eigenvalue weighted by Crippen LogP contribution is 2.35. The molecule has 0 aliphatic carbocycles. The number of nitrogens with one attached hydrogen (secondary N) is 1. The fraction of sp³-hybridized carbons (Fsp3) is 0.0526. The summed E-state index contributed by atoms with van der Waals surface area (Å²) in [6.45, 7) is 1.96. The second-order valence-electron chi connectivity index (χ2n) is 5.64. The standard InChI is InChI=1S/C19H15N3OS2/c1-11-5-2-3-6-13(11)21-18(23)17-16(20)12-8-9-14(22-19(12)25-17)15-7-4-10-24-15/h2-10H,20H2,1H3,(H,21,23). The highest BCUT2D eigenvalue weighted by atomic mass is 32.1. The number of hydrogen-bond donors (Lipinski definition) is 2. The first-order valence-corrected chi connectivity index (χ1v) is 9.43. The number of nitrogens with zero attached hydrogens (tertiary/aromatic N) is 1. The number of aryl methyl sites for hydroxylation is 1. The molecule has 0 saturated carbocycles. The molecule has 0 radical (unpaired) electrons. The number of para-hydroxylation sites is 1. The SMILES string of the molecule is Cc1ccccc1NC(=O)c1sc2nc(-c3cccs3)ccc2c1N. The van der Waals surface area contributed by atoms with E-state index in [1.807, 2.05) is 60.8 Å². The zero-order chi connectivity index (χ0) is 17.4. The molecule has 124 valence electrons. The molecule has 0 bridgehead atoms. The van der Waals surface area contributed by atoms with Crippen LogP contribution in [0.5, 0.6) is 0 Å². The highest BCUT2D eigenvalue weighted by molar-refractivity contribution is 7.21. The number of carbonyl (C=O) groups excluding carboxylic acids is 1. The second kappa shape index (κ2) is 6.31. The number of rotatable bonds is 3. The minimum absolute atomic E-state index is 0.201. The first-order chi connectivity index (χ1) is 12.1. The van der Waals surface area contributed by atoms with Crippen LogP contribution < -0.4 is 11.1 Å². The fourth-order valence-electron chi connectivity index (χ4n) is 2.62. The summed E-state index contributed by atoms with van der Waals surface area (Å²) in [6, 6.07) is 15.6. The lowest BCUT2D eigenvalue weighted by Crippen LogP contribution is -2.12. The maximum Gasteiger partial charge on any atom is 0.267 e. The van der Waals surface area contributed by atoms with Crippen LogP contribution in [-0.2, 0) is 0 Å². The van der Waals surface area contributed by atoms with Gasteiger partial charge in [-0.25, -0.2) is 4.98 Å².